The number of hydrogen-bond acceptors (Lipinski definition) is 2. The minimum Gasteiger partial charge on any atom is -0.426 e. The molecule has 0 saturated heterocycles. The van der Waals surface area contributed by atoms with Gasteiger partial charge in [-0.15, -0.1) is 6.58 Å². The Balaban J connectivity index is 1.43. The largest absolute Gasteiger partial charge is 0.426 e. The van der Waals surface area contributed by atoms with Gasteiger partial charge >= 0.3 is 5.97 Å². The highest BCUT2D eigenvalue weighted by Gasteiger charge is 2.33. The maximum absolute atomic E-state index is 13.5. The summed E-state index contributed by atoms with van der Waals surface area (Å²) in [4.78, 5) is 12.7. The molecule has 0 N–H and O–H groups in total. The van der Waals surface area contributed by atoms with Gasteiger partial charge in [0, 0.05) is 5.56 Å². The van der Waals surface area contributed by atoms with Gasteiger partial charge in [0.1, 0.15) is 11.6 Å². The van der Waals surface area contributed by atoms with E-state index < -0.39 is 0 Å². The molecule has 0 heterocycles. The predicted octanol–water partition coefficient (Wildman–Crippen LogP) is 7.65. The van der Waals surface area contributed by atoms with Gasteiger partial charge < -0.3 is 4.74 Å². The molecule has 1 aromatic rings. The lowest BCUT2D eigenvalue weighted by Gasteiger charge is -2.37. The summed E-state index contributed by atoms with van der Waals surface area (Å²) in [7, 11) is 0. The number of carbonyl (C=O) groups is 1. The monoisotopic (exact) mass is 414 g/mol. The van der Waals surface area contributed by atoms with E-state index in [2.05, 4.69) is 13.5 Å². The first-order valence-electron chi connectivity index (χ1n) is 12.2. The first-order valence-corrected chi connectivity index (χ1v) is 12.2. The van der Waals surface area contributed by atoms with Crippen LogP contribution >= 0.6 is 0 Å². The van der Waals surface area contributed by atoms with E-state index in [-0.39, 0.29) is 17.7 Å². The van der Waals surface area contributed by atoms with Crippen molar-refractivity contribution in [2.75, 3.05) is 0 Å². The highest BCUT2D eigenvalue weighted by atomic mass is 19.1. The lowest BCUT2D eigenvalue weighted by Crippen LogP contribution is -2.30. The van der Waals surface area contributed by atoms with Gasteiger partial charge in [0.25, 0.3) is 0 Å². The van der Waals surface area contributed by atoms with Crippen molar-refractivity contribution >= 4 is 5.97 Å². The van der Waals surface area contributed by atoms with Crippen LogP contribution in [0.15, 0.2) is 30.9 Å². The summed E-state index contributed by atoms with van der Waals surface area (Å²) < 4.78 is 19.2. The Kier molecular flexibility index (Phi) is 8.96. The third kappa shape index (κ3) is 6.43. The molecular weight excluding hydrogens is 375 g/mol. The number of benzene rings is 1. The standard InChI is InChI=1S/C27H39FO2/c1-3-5-6-8-20-9-11-21(12-10-20)22-13-15-23(16-14-22)27(29)30-26-18-17-25(28)19-24(26)7-4-2/h4,17-23H,2-3,5-16H2,1H3/t20-,21-,22-,23-. The van der Waals surface area contributed by atoms with Crippen LogP contribution in [0.1, 0.15) is 89.5 Å². The van der Waals surface area contributed by atoms with Crippen LogP contribution in [-0.2, 0) is 11.2 Å². The number of allylic oxidation sites excluding steroid dienone is 1. The van der Waals surface area contributed by atoms with Crippen LogP contribution in [0.3, 0.4) is 0 Å². The summed E-state index contributed by atoms with van der Waals surface area (Å²) in [5.41, 5.74) is 0.683. The molecule has 1 aromatic carbocycles. The van der Waals surface area contributed by atoms with Gasteiger partial charge in [-0.3, -0.25) is 4.79 Å². The Labute approximate surface area is 182 Å². The summed E-state index contributed by atoms with van der Waals surface area (Å²) in [5, 5.41) is 0. The van der Waals surface area contributed by atoms with Gasteiger partial charge in [0.05, 0.1) is 5.92 Å². The Hall–Kier alpha value is -1.64. The number of carbonyl (C=O) groups excluding carboxylic acids is 1. The molecule has 0 aliphatic heterocycles. The molecule has 0 spiro atoms. The van der Waals surface area contributed by atoms with Gasteiger partial charge in [0.2, 0.25) is 0 Å². The van der Waals surface area contributed by atoms with Gasteiger partial charge in [-0.05, 0) is 80.9 Å². The van der Waals surface area contributed by atoms with E-state index in [1.165, 1.54) is 63.5 Å². The number of ether oxygens (including phenoxy) is 1. The van der Waals surface area contributed by atoms with Crippen molar-refractivity contribution in [1.82, 2.24) is 0 Å². The number of hydrogen-bond donors (Lipinski definition) is 0. The Morgan fingerprint density at radius 1 is 1.07 bits per heavy atom. The molecular formula is C27H39FO2. The van der Waals surface area contributed by atoms with Crippen molar-refractivity contribution in [2.24, 2.45) is 23.7 Å². The SMILES string of the molecule is C=CCc1cc(F)ccc1OC(=O)[C@H]1CC[C@H]([C@H]2CC[C@H](CCCCC)CC2)CC1. The van der Waals surface area contributed by atoms with Gasteiger partial charge in [-0.1, -0.05) is 51.5 Å². The van der Waals surface area contributed by atoms with E-state index in [9.17, 15) is 9.18 Å². The van der Waals surface area contributed by atoms with Gasteiger partial charge in [-0.2, -0.15) is 0 Å². The molecule has 0 atom stereocenters. The molecule has 0 aromatic heterocycles. The second-order valence-electron chi connectivity index (χ2n) is 9.55. The second-order valence-corrected chi connectivity index (χ2v) is 9.55. The minimum absolute atomic E-state index is 0.0201. The maximum Gasteiger partial charge on any atom is 0.314 e. The van der Waals surface area contributed by atoms with Crippen LogP contribution in [0, 0.1) is 29.5 Å². The molecule has 3 rings (SSSR count). The van der Waals surface area contributed by atoms with Crippen LogP contribution in [0.25, 0.3) is 0 Å². The van der Waals surface area contributed by atoms with Crippen LogP contribution < -0.4 is 4.74 Å². The first kappa shape index (κ1) is 23.0. The average Bonchev–Trinajstić information content (AvgIpc) is 2.76. The first-order chi connectivity index (χ1) is 14.6. The summed E-state index contributed by atoms with van der Waals surface area (Å²) in [5.74, 6) is 2.60. The lowest BCUT2D eigenvalue weighted by molar-refractivity contribution is -0.140. The van der Waals surface area contributed by atoms with E-state index in [4.69, 9.17) is 4.74 Å². The lowest BCUT2D eigenvalue weighted by atomic mass is 9.68. The van der Waals surface area contributed by atoms with Crippen LogP contribution in [0.5, 0.6) is 5.75 Å². The second kappa shape index (κ2) is 11.7. The Morgan fingerprint density at radius 2 is 1.73 bits per heavy atom. The zero-order valence-electron chi connectivity index (χ0n) is 18.7. The normalized spacial score (nSPS) is 26.9. The molecule has 2 aliphatic rings. The quantitative estimate of drug-likeness (QED) is 0.179. The minimum atomic E-state index is -0.313. The van der Waals surface area contributed by atoms with Crippen LogP contribution in [-0.4, -0.2) is 5.97 Å². The summed E-state index contributed by atoms with van der Waals surface area (Å²) >= 11 is 0. The molecule has 0 radical (unpaired) electrons. The van der Waals surface area contributed by atoms with Crippen molar-refractivity contribution in [2.45, 2.75) is 90.4 Å². The van der Waals surface area contributed by atoms with Crippen LogP contribution in [0.4, 0.5) is 4.39 Å². The Morgan fingerprint density at radius 3 is 2.37 bits per heavy atom. The summed E-state index contributed by atoms with van der Waals surface area (Å²) in [6.07, 6.45) is 17.5. The van der Waals surface area contributed by atoms with Crippen molar-refractivity contribution in [3.63, 3.8) is 0 Å². The number of halogens is 1. The van der Waals surface area contributed by atoms with E-state index >= 15 is 0 Å². The molecule has 0 unspecified atom stereocenters. The van der Waals surface area contributed by atoms with E-state index in [1.54, 1.807) is 12.1 Å². The number of esters is 1. The third-order valence-corrected chi connectivity index (χ3v) is 7.48. The zero-order chi connectivity index (χ0) is 21.3. The molecule has 2 saturated carbocycles. The fourth-order valence-corrected chi connectivity index (χ4v) is 5.61. The van der Waals surface area contributed by atoms with E-state index in [0.29, 0.717) is 17.7 Å². The van der Waals surface area contributed by atoms with Crippen LogP contribution in [0.2, 0.25) is 0 Å². The highest BCUT2D eigenvalue weighted by Crippen LogP contribution is 2.42. The maximum atomic E-state index is 13.5. The molecule has 2 aliphatic carbocycles. The molecule has 0 bridgehead atoms. The zero-order valence-corrected chi connectivity index (χ0v) is 18.7. The molecule has 30 heavy (non-hydrogen) atoms. The summed E-state index contributed by atoms with van der Waals surface area (Å²) in [6, 6.07) is 4.35. The van der Waals surface area contributed by atoms with Crippen molar-refractivity contribution in [1.29, 1.82) is 0 Å². The molecule has 0 amide bonds. The van der Waals surface area contributed by atoms with Crippen molar-refractivity contribution in [3.05, 3.63) is 42.2 Å². The van der Waals surface area contributed by atoms with Crippen molar-refractivity contribution in [3.8, 4) is 5.75 Å². The topological polar surface area (TPSA) is 26.3 Å². The molecule has 166 valence electrons. The number of rotatable bonds is 9. The molecule has 2 fully saturated rings. The van der Waals surface area contributed by atoms with Gasteiger partial charge in [0.15, 0.2) is 0 Å². The van der Waals surface area contributed by atoms with E-state index in [0.717, 1.165) is 43.4 Å². The predicted molar refractivity (Wildman–Crippen MR) is 121 cm³/mol. The van der Waals surface area contributed by atoms with E-state index in [1.807, 2.05) is 0 Å². The Bertz CT molecular complexity index is 682. The average molecular weight is 415 g/mol. The van der Waals surface area contributed by atoms with Gasteiger partial charge in [-0.25, -0.2) is 4.39 Å². The smallest absolute Gasteiger partial charge is 0.314 e. The highest BCUT2D eigenvalue weighted by molar-refractivity contribution is 5.75. The fraction of sp³-hybridized carbons (Fsp3) is 0.667. The fourth-order valence-electron chi connectivity index (χ4n) is 5.61. The molecule has 3 heteroatoms. The third-order valence-electron chi connectivity index (χ3n) is 7.48. The molecule has 2 nitrogen and oxygen atoms in total. The number of unbranched alkanes of at least 4 members (excludes halogenated alkanes) is 2. The summed E-state index contributed by atoms with van der Waals surface area (Å²) in [6.45, 7) is 5.99. The van der Waals surface area contributed by atoms with Crippen molar-refractivity contribution < 1.29 is 13.9 Å².